The number of likely N-dealkylation sites (tertiary alicyclic amines) is 1. The Balaban J connectivity index is 1.88. The van der Waals surface area contributed by atoms with Gasteiger partial charge in [0.1, 0.15) is 25.6 Å². The molecule has 0 bridgehead atoms. The quantitative estimate of drug-likeness (QED) is 0.363. The number of hydrogen-bond donors (Lipinski definition) is 0. The molecule has 0 aliphatic carbocycles. The van der Waals surface area contributed by atoms with Gasteiger partial charge < -0.3 is 19.0 Å². The van der Waals surface area contributed by atoms with Crippen LogP contribution in [0.3, 0.4) is 0 Å². The molecule has 1 atom stereocenters. The van der Waals surface area contributed by atoms with Crippen LogP contribution in [-0.2, 0) is 4.84 Å². The lowest BCUT2D eigenvalue weighted by Crippen LogP contribution is -2.40. The van der Waals surface area contributed by atoms with Crippen LogP contribution in [0.15, 0.2) is 18.2 Å². The van der Waals surface area contributed by atoms with E-state index in [-0.39, 0.29) is 13.2 Å². The van der Waals surface area contributed by atoms with Gasteiger partial charge in [-0.2, -0.15) is 0 Å². The normalized spacial score (nSPS) is 16.1. The Bertz CT molecular complexity index is 548. The lowest BCUT2D eigenvalue weighted by molar-refractivity contribution is -0.757. The van der Waals surface area contributed by atoms with Crippen LogP contribution in [0.2, 0.25) is 0 Å². The number of piperidine rings is 1. The molecule has 140 valence electrons. The lowest BCUT2D eigenvalue weighted by Gasteiger charge is -2.32. The van der Waals surface area contributed by atoms with Crippen molar-refractivity contribution >= 4 is 0 Å². The largest absolute Gasteiger partial charge is 0.493 e. The van der Waals surface area contributed by atoms with E-state index < -0.39 is 5.09 Å². The first kappa shape index (κ1) is 19.1. The molecule has 2 rings (SSSR count). The topological polar surface area (TPSA) is 83.3 Å². The van der Waals surface area contributed by atoms with Crippen molar-refractivity contribution in [2.24, 2.45) is 0 Å². The standard InChI is InChI=1S/C17H26N2O6/c1-14(18-8-4-3-5-9-18)13-24-17-12-15(6-7-16(17)22-2)23-10-11-25-19(20)21/h6-7,12,14H,3-5,8-11,13H2,1-2H3. The third-order valence-electron chi connectivity index (χ3n) is 4.18. The molecule has 0 aromatic heterocycles. The zero-order valence-corrected chi connectivity index (χ0v) is 14.8. The minimum absolute atomic E-state index is 0.0803. The van der Waals surface area contributed by atoms with Crippen LogP contribution in [0.1, 0.15) is 26.2 Å². The molecule has 1 aromatic rings. The summed E-state index contributed by atoms with van der Waals surface area (Å²) in [4.78, 5) is 16.8. The number of methoxy groups -OCH3 is 1. The second kappa shape index (κ2) is 9.93. The molecule has 1 fully saturated rings. The highest BCUT2D eigenvalue weighted by Gasteiger charge is 2.18. The van der Waals surface area contributed by atoms with Gasteiger partial charge in [0.2, 0.25) is 0 Å². The van der Waals surface area contributed by atoms with Crippen molar-refractivity contribution in [3.63, 3.8) is 0 Å². The highest BCUT2D eigenvalue weighted by atomic mass is 17.0. The summed E-state index contributed by atoms with van der Waals surface area (Å²) in [6, 6.07) is 5.54. The second-order valence-electron chi connectivity index (χ2n) is 5.97. The zero-order valence-electron chi connectivity index (χ0n) is 14.8. The number of rotatable bonds is 10. The molecule has 1 unspecified atom stereocenters. The van der Waals surface area contributed by atoms with Gasteiger partial charge in [-0.25, -0.2) is 0 Å². The fourth-order valence-electron chi connectivity index (χ4n) is 2.81. The summed E-state index contributed by atoms with van der Waals surface area (Å²) in [6.45, 7) is 4.90. The summed E-state index contributed by atoms with van der Waals surface area (Å²) < 4.78 is 16.7. The molecule has 8 heteroatoms. The van der Waals surface area contributed by atoms with Gasteiger partial charge in [-0.05, 0) is 45.0 Å². The number of ether oxygens (including phenoxy) is 3. The highest BCUT2D eigenvalue weighted by Crippen LogP contribution is 2.31. The zero-order chi connectivity index (χ0) is 18.1. The molecule has 1 aliphatic rings. The molecule has 0 N–H and O–H groups in total. The van der Waals surface area contributed by atoms with Crippen molar-refractivity contribution in [1.82, 2.24) is 4.90 Å². The molecule has 1 aliphatic heterocycles. The van der Waals surface area contributed by atoms with Gasteiger partial charge in [-0.1, -0.05) is 6.42 Å². The molecule has 0 spiro atoms. The van der Waals surface area contributed by atoms with Crippen molar-refractivity contribution in [3.05, 3.63) is 28.3 Å². The first-order valence-corrected chi connectivity index (χ1v) is 8.55. The highest BCUT2D eigenvalue weighted by molar-refractivity contribution is 5.45. The first-order chi connectivity index (χ1) is 12.1. The Morgan fingerprint density at radius 3 is 2.60 bits per heavy atom. The van der Waals surface area contributed by atoms with Crippen LogP contribution in [-0.4, -0.2) is 56.0 Å². The van der Waals surface area contributed by atoms with E-state index in [4.69, 9.17) is 14.2 Å². The predicted molar refractivity (Wildman–Crippen MR) is 91.8 cm³/mol. The molecular weight excluding hydrogens is 328 g/mol. The van der Waals surface area contributed by atoms with Gasteiger partial charge in [0.15, 0.2) is 11.5 Å². The Morgan fingerprint density at radius 2 is 1.92 bits per heavy atom. The average molecular weight is 354 g/mol. The fraction of sp³-hybridized carbons (Fsp3) is 0.647. The smallest absolute Gasteiger partial charge is 0.294 e. The first-order valence-electron chi connectivity index (χ1n) is 8.55. The fourth-order valence-corrected chi connectivity index (χ4v) is 2.81. The second-order valence-corrected chi connectivity index (χ2v) is 5.97. The molecule has 0 saturated carbocycles. The van der Waals surface area contributed by atoms with Crippen LogP contribution in [0.25, 0.3) is 0 Å². The minimum Gasteiger partial charge on any atom is -0.493 e. The number of benzene rings is 1. The third-order valence-corrected chi connectivity index (χ3v) is 4.18. The van der Waals surface area contributed by atoms with E-state index in [0.29, 0.717) is 29.9 Å². The molecule has 8 nitrogen and oxygen atoms in total. The van der Waals surface area contributed by atoms with Gasteiger partial charge in [0.05, 0.1) is 7.11 Å². The maximum absolute atomic E-state index is 10.1. The van der Waals surface area contributed by atoms with Crippen LogP contribution in [0.5, 0.6) is 17.2 Å². The van der Waals surface area contributed by atoms with Gasteiger partial charge in [-0.3, -0.25) is 4.90 Å². The molecule has 0 radical (unpaired) electrons. The summed E-state index contributed by atoms with van der Waals surface area (Å²) in [5.74, 6) is 1.77. The third kappa shape index (κ3) is 6.30. The van der Waals surface area contributed by atoms with E-state index in [2.05, 4.69) is 16.7 Å². The SMILES string of the molecule is COc1ccc(OCCO[N+](=O)[O-])cc1OCC(C)N1CCCCC1. The van der Waals surface area contributed by atoms with E-state index in [1.165, 1.54) is 19.3 Å². The van der Waals surface area contributed by atoms with Crippen LogP contribution < -0.4 is 14.2 Å². The van der Waals surface area contributed by atoms with E-state index in [9.17, 15) is 10.1 Å². The Hall–Kier alpha value is -2.22. The van der Waals surface area contributed by atoms with E-state index in [1.807, 2.05) is 0 Å². The maximum Gasteiger partial charge on any atom is 0.294 e. The molecule has 0 amide bonds. The van der Waals surface area contributed by atoms with Crippen molar-refractivity contribution in [2.75, 3.05) is 40.0 Å². The van der Waals surface area contributed by atoms with Gasteiger partial charge >= 0.3 is 0 Å². The molecule has 1 heterocycles. The monoisotopic (exact) mass is 354 g/mol. The molecule has 1 aromatic carbocycles. The van der Waals surface area contributed by atoms with Crippen molar-refractivity contribution < 1.29 is 24.1 Å². The van der Waals surface area contributed by atoms with Crippen LogP contribution in [0, 0.1) is 10.1 Å². The van der Waals surface area contributed by atoms with E-state index >= 15 is 0 Å². The van der Waals surface area contributed by atoms with Gasteiger partial charge in [0, 0.05) is 12.1 Å². The summed E-state index contributed by atoms with van der Waals surface area (Å²) >= 11 is 0. The Labute approximate surface area is 147 Å². The van der Waals surface area contributed by atoms with Crippen LogP contribution >= 0.6 is 0 Å². The van der Waals surface area contributed by atoms with Gasteiger partial charge in [0.25, 0.3) is 5.09 Å². The Morgan fingerprint density at radius 1 is 1.16 bits per heavy atom. The van der Waals surface area contributed by atoms with Crippen molar-refractivity contribution in [2.45, 2.75) is 32.2 Å². The molecule has 1 saturated heterocycles. The summed E-state index contributed by atoms with van der Waals surface area (Å²) in [5, 5.41) is 9.28. The van der Waals surface area contributed by atoms with Crippen molar-refractivity contribution in [3.8, 4) is 17.2 Å². The predicted octanol–water partition coefficient (Wildman–Crippen LogP) is 2.54. The molecular formula is C17H26N2O6. The summed E-state index contributed by atoms with van der Waals surface area (Å²) in [7, 11) is 1.59. The Kier molecular flexibility index (Phi) is 7.59. The minimum atomic E-state index is -0.839. The molecule has 25 heavy (non-hydrogen) atoms. The summed E-state index contributed by atoms with van der Waals surface area (Å²) in [6.07, 6.45) is 3.78. The average Bonchev–Trinajstić information content (AvgIpc) is 2.64. The van der Waals surface area contributed by atoms with Gasteiger partial charge in [-0.15, -0.1) is 10.1 Å². The van der Waals surface area contributed by atoms with Crippen LogP contribution in [0.4, 0.5) is 0 Å². The van der Waals surface area contributed by atoms with Crippen molar-refractivity contribution in [1.29, 1.82) is 0 Å². The van der Waals surface area contributed by atoms with E-state index in [0.717, 1.165) is 13.1 Å². The number of hydrogen-bond acceptors (Lipinski definition) is 7. The maximum atomic E-state index is 10.1. The lowest BCUT2D eigenvalue weighted by atomic mass is 10.1. The summed E-state index contributed by atoms with van der Waals surface area (Å²) in [5.41, 5.74) is 0. The number of nitrogens with zero attached hydrogens (tertiary/aromatic N) is 2. The van der Waals surface area contributed by atoms with E-state index in [1.54, 1.807) is 25.3 Å².